The van der Waals surface area contributed by atoms with Gasteiger partial charge in [-0.15, -0.1) is 0 Å². The van der Waals surface area contributed by atoms with Crippen molar-refractivity contribution in [2.24, 2.45) is 0 Å². The Morgan fingerprint density at radius 3 is 1.56 bits per heavy atom. The molecule has 2 amide bonds. The van der Waals surface area contributed by atoms with Gasteiger partial charge in [-0.2, -0.15) is 0 Å². The lowest BCUT2D eigenvalue weighted by Gasteiger charge is -2.27. The van der Waals surface area contributed by atoms with E-state index < -0.39 is 33.7 Å². The fraction of sp³-hybridized carbons (Fsp3) is 0.296. The molecule has 0 saturated heterocycles. The van der Waals surface area contributed by atoms with E-state index in [0.29, 0.717) is 48.3 Å². The molecular formula is C54H62N10O6S. The molecule has 0 radical (unpaired) electrons. The number of hydrogen-bond donors (Lipinski definition) is 4. The highest BCUT2D eigenvalue weighted by Crippen LogP contribution is 2.32. The van der Waals surface area contributed by atoms with Crippen LogP contribution in [-0.4, -0.2) is 94.1 Å². The van der Waals surface area contributed by atoms with Gasteiger partial charge in [0.15, 0.2) is 0 Å². The second kappa shape index (κ2) is 24.0. The molecule has 1 atom stereocenters. The number of pyridine rings is 4. The molecule has 0 spiro atoms. The van der Waals surface area contributed by atoms with Crippen molar-refractivity contribution in [3.63, 3.8) is 0 Å². The van der Waals surface area contributed by atoms with Crippen LogP contribution in [0.1, 0.15) is 60.2 Å². The zero-order chi connectivity index (χ0) is 50.4. The summed E-state index contributed by atoms with van der Waals surface area (Å²) in [5.74, 6) is -0.490. The van der Waals surface area contributed by atoms with Gasteiger partial charge in [0.1, 0.15) is 17.4 Å². The van der Waals surface area contributed by atoms with Crippen molar-refractivity contribution < 1.29 is 27.9 Å². The third-order valence-electron chi connectivity index (χ3n) is 11.4. The molecule has 0 bridgehead atoms. The number of nitrogens with one attached hydrogen (secondary N) is 3. The summed E-state index contributed by atoms with van der Waals surface area (Å²) in [7, 11) is -0.211. The predicted molar refractivity (Wildman–Crippen MR) is 274 cm³/mol. The molecule has 0 saturated carbocycles. The van der Waals surface area contributed by atoms with E-state index in [1.54, 1.807) is 63.8 Å². The number of alkyl carbamates (subject to hydrolysis) is 1. The second-order valence-corrected chi connectivity index (χ2v) is 20.2. The maximum absolute atomic E-state index is 14.3. The minimum atomic E-state index is -4.01. The molecule has 1 unspecified atom stereocenters. The van der Waals surface area contributed by atoms with Gasteiger partial charge < -0.3 is 25.4 Å². The molecule has 370 valence electrons. The van der Waals surface area contributed by atoms with Gasteiger partial charge in [-0.25, -0.2) is 17.9 Å². The zero-order valence-corrected chi connectivity index (χ0v) is 41.6. The summed E-state index contributed by atoms with van der Waals surface area (Å²) in [4.78, 5) is 52.4. The number of hydrogen-bond acceptors (Lipinski definition) is 13. The minimum Gasteiger partial charge on any atom is -0.507 e. The minimum absolute atomic E-state index is 0.0116. The van der Waals surface area contributed by atoms with Gasteiger partial charge in [0.25, 0.3) is 0 Å². The molecule has 4 N–H and O–H groups in total. The molecule has 7 rings (SSSR count). The molecule has 0 aliphatic heterocycles. The Balaban J connectivity index is 1.19. The number of phenols is 1. The molecule has 0 fully saturated rings. The van der Waals surface area contributed by atoms with Crippen LogP contribution in [0.5, 0.6) is 5.75 Å². The Kier molecular flexibility index (Phi) is 17.4. The Bertz CT molecular complexity index is 2770. The van der Waals surface area contributed by atoms with Crippen molar-refractivity contribution in [2.75, 3.05) is 32.1 Å². The lowest BCUT2D eigenvalue weighted by molar-refractivity contribution is -0.123. The van der Waals surface area contributed by atoms with Gasteiger partial charge in [0.2, 0.25) is 15.9 Å². The van der Waals surface area contributed by atoms with Crippen LogP contribution in [0, 0.1) is 0 Å². The SMILES string of the molecule is CN(C)c1cccc2c(S(=O)(=O)NCCNC(=O)C(Cc3cc(CN(Cc4ccccn4)Cc4ccccn4)c(O)c(CN(Cc4ccccn4)Cc4ccccn4)c3)NC(=O)OC(C)(C)C)cccc12. The van der Waals surface area contributed by atoms with Gasteiger partial charge in [-0.05, 0) is 87.0 Å². The summed E-state index contributed by atoms with van der Waals surface area (Å²) in [5.41, 5.74) is 5.12. The first-order valence-electron chi connectivity index (χ1n) is 23.4. The van der Waals surface area contributed by atoms with Gasteiger partial charge in [-0.3, -0.25) is 34.5 Å². The van der Waals surface area contributed by atoms with E-state index in [2.05, 4.69) is 45.1 Å². The van der Waals surface area contributed by atoms with Gasteiger partial charge >= 0.3 is 6.09 Å². The number of amides is 2. The highest BCUT2D eigenvalue weighted by Gasteiger charge is 2.27. The first-order valence-corrected chi connectivity index (χ1v) is 24.9. The highest BCUT2D eigenvalue weighted by molar-refractivity contribution is 7.89. The topological polar surface area (TPSA) is 195 Å². The lowest BCUT2D eigenvalue weighted by Crippen LogP contribution is -2.50. The number of anilines is 1. The van der Waals surface area contributed by atoms with Crippen LogP contribution in [0.4, 0.5) is 10.5 Å². The number of aromatic hydroxyl groups is 1. The van der Waals surface area contributed by atoms with Crippen molar-refractivity contribution in [3.05, 3.63) is 186 Å². The van der Waals surface area contributed by atoms with Gasteiger partial charge in [0.05, 0.1) is 27.7 Å². The summed E-state index contributed by atoms with van der Waals surface area (Å²) in [6.07, 6.45) is 6.15. The number of phenolic OH excluding ortho intramolecular Hbond substituents is 1. The normalized spacial score (nSPS) is 12.2. The number of carbonyl (C=O) groups is 2. The Labute approximate surface area is 416 Å². The largest absolute Gasteiger partial charge is 0.507 e. The third-order valence-corrected chi connectivity index (χ3v) is 12.9. The molecule has 0 aliphatic rings. The summed E-state index contributed by atoms with van der Waals surface area (Å²) in [5, 5.41) is 19.3. The fourth-order valence-corrected chi connectivity index (χ4v) is 9.50. The van der Waals surface area contributed by atoms with Crippen molar-refractivity contribution in [2.45, 2.75) is 83.0 Å². The smallest absolute Gasteiger partial charge is 0.408 e. The van der Waals surface area contributed by atoms with Crippen LogP contribution in [-0.2, 0) is 65.2 Å². The Hall–Kier alpha value is -7.31. The summed E-state index contributed by atoms with van der Waals surface area (Å²) < 4.78 is 35.7. The Morgan fingerprint density at radius 1 is 0.634 bits per heavy atom. The maximum atomic E-state index is 14.3. The molecule has 17 heteroatoms. The first kappa shape index (κ1) is 51.5. The van der Waals surface area contributed by atoms with Crippen LogP contribution >= 0.6 is 0 Å². The van der Waals surface area contributed by atoms with Crippen LogP contribution in [0.2, 0.25) is 0 Å². The van der Waals surface area contributed by atoms with E-state index in [0.717, 1.165) is 33.8 Å². The molecule has 7 aromatic rings. The number of carbonyl (C=O) groups excluding carboxylic acids is 2. The molecule has 71 heavy (non-hydrogen) atoms. The first-order chi connectivity index (χ1) is 34.1. The fourth-order valence-electron chi connectivity index (χ4n) is 8.25. The number of rotatable bonds is 22. The van der Waals surface area contributed by atoms with E-state index >= 15 is 0 Å². The molecule has 4 aromatic heterocycles. The van der Waals surface area contributed by atoms with Crippen molar-refractivity contribution in [1.29, 1.82) is 0 Å². The third kappa shape index (κ3) is 15.1. The van der Waals surface area contributed by atoms with E-state index in [-0.39, 0.29) is 43.2 Å². The van der Waals surface area contributed by atoms with Crippen molar-refractivity contribution in [3.8, 4) is 5.75 Å². The van der Waals surface area contributed by atoms with Crippen LogP contribution in [0.25, 0.3) is 10.8 Å². The van der Waals surface area contributed by atoms with Crippen molar-refractivity contribution in [1.82, 2.24) is 45.1 Å². The summed E-state index contributed by atoms with van der Waals surface area (Å²) >= 11 is 0. The average Bonchev–Trinajstić information content (AvgIpc) is 3.34. The van der Waals surface area contributed by atoms with E-state index in [1.807, 2.05) is 122 Å². The standard InChI is InChI=1S/C54H62N10O6S/c1-54(2,3)70-53(67)61-48(52(66)59-28-29-60-71(68,69)50-23-15-20-46-47(50)21-14-22-49(46)62(4)5)32-39-30-40(33-63(35-42-16-6-10-24-55-42)36-43-17-7-11-25-56-43)51(65)41(31-39)34-64(37-44-18-8-12-26-57-44)38-45-19-9-13-27-58-45/h6-27,30-31,48,60,65H,28-29,32-38H2,1-5H3,(H,59,66)(H,61,67). The second-order valence-electron chi connectivity index (χ2n) is 18.5. The van der Waals surface area contributed by atoms with E-state index in [9.17, 15) is 23.1 Å². The molecule has 4 heterocycles. The van der Waals surface area contributed by atoms with Crippen LogP contribution < -0.4 is 20.3 Å². The zero-order valence-electron chi connectivity index (χ0n) is 40.8. The number of benzene rings is 3. The number of sulfonamides is 1. The van der Waals surface area contributed by atoms with Crippen LogP contribution in [0.15, 0.2) is 151 Å². The lowest BCUT2D eigenvalue weighted by atomic mass is 9.97. The predicted octanol–water partition coefficient (Wildman–Crippen LogP) is 7.13. The van der Waals surface area contributed by atoms with E-state index in [4.69, 9.17) is 4.74 Å². The quantitative estimate of drug-likeness (QED) is 0.0502. The highest BCUT2D eigenvalue weighted by atomic mass is 32.2. The summed E-state index contributed by atoms with van der Waals surface area (Å²) in [6.45, 7) is 7.26. The number of ether oxygens (including phenoxy) is 1. The number of aromatic nitrogens is 4. The van der Waals surface area contributed by atoms with Gasteiger partial charge in [-0.1, -0.05) is 60.7 Å². The van der Waals surface area contributed by atoms with Crippen molar-refractivity contribution >= 4 is 38.5 Å². The average molecular weight is 979 g/mol. The molecule has 0 aliphatic carbocycles. The molecule has 16 nitrogen and oxygen atoms in total. The Morgan fingerprint density at radius 2 is 1.11 bits per heavy atom. The molecule has 3 aromatic carbocycles. The number of fused-ring (bicyclic) bond motifs is 1. The van der Waals surface area contributed by atoms with Crippen LogP contribution in [0.3, 0.4) is 0 Å². The molecular weight excluding hydrogens is 917 g/mol. The maximum Gasteiger partial charge on any atom is 0.408 e. The summed E-state index contributed by atoms with van der Waals surface area (Å²) in [6, 6.07) is 36.1. The number of nitrogens with zero attached hydrogens (tertiary/aromatic N) is 7. The van der Waals surface area contributed by atoms with E-state index in [1.165, 1.54) is 0 Å². The monoisotopic (exact) mass is 978 g/mol. The van der Waals surface area contributed by atoms with Gasteiger partial charge in [0, 0.05) is 125 Å².